The van der Waals surface area contributed by atoms with Gasteiger partial charge in [-0.15, -0.1) is 11.3 Å². The number of hydrogen-bond donors (Lipinski definition) is 0. The molecular weight excluding hydrogens is 510 g/mol. The van der Waals surface area contributed by atoms with Crippen molar-refractivity contribution in [1.82, 2.24) is 9.88 Å². The van der Waals surface area contributed by atoms with Gasteiger partial charge in [0.25, 0.3) is 0 Å². The fourth-order valence-corrected chi connectivity index (χ4v) is 5.72. The van der Waals surface area contributed by atoms with Crippen molar-refractivity contribution < 1.29 is 19.1 Å². The van der Waals surface area contributed by atoms with Crippen LogP contribution in [0.15, 0.2) is 53.9 Å². The summed E-state index contributed by atoms with van der Waals surface area (Å²) in [5.74, 6) is 0.453. The van der Waals surface area contributed by atoms with E-state index in [4.69, 9.17) is 26.1 Å². The normalized spacial score (nSPS) is 14.8. The standard InChI is InChI=1S/C28H32ClN3O4S/c1-4-24(26(33)31-16-14-20(15-17-31)27(34)36-5-2)32(25-9-7-6-8-22(25)29)28-30-23(18-37-28)19-10-12-21(35-3)13-11-19/h6-13,18,20,24H,4-5,14-17H2,1-3H3/t24-/m0/s1. The monoisotopic (exact) mass is 541 g/mol. The number of benzene rings is 2. The Kier molecular flexibility index (Phi) is 9.05. The van der Waals surface area contributed by atoms with E-state index in [1.807, 2.05) is 77.6 Å². The minimum absolute atomic E-state index is 0.00549. The SMILES string of the molecule is CCOC(=O)C1CCN(C(=O)[C@H](CC)N(c2nc(-c3ccc(OC)cc3)cs2)c2ccccc2Cl)CC1. The number of rotatable bonds is 9. The predicted molar refractivity (Wildman–Crippen MR) is 148 cm³/mol. The Balaban J connectivity index is 1.62. The lowest BCUT2D eigenvalue weighted by atomic mass is 9.96. The zero-order valence-electron chi connectivity index (χ0n) is 21.4. The van der Waals surface area contributed by atoms with E-state index >= 15 is 0 Å². The van der Waals surface area contributed by atoms with Crippen molar-refractivity contribution >= 4 is 45.6 Å². The molecule has 1 aromatic heterocycles. The van der Waals surface area contributed by atoms with Crippen molar-refractivity contribution in [2.45, 2.75) is 39.2 Å². The number of hydrogen-bond acceptors (Lipinski definition) is 7. The van der Waals surface area contributed by atoms with E-state index in [1.165, 1.54) is 11.3 Å². The highest BCUT2D eigenvalue weighted by Crippen LogP contribution is 2.39. The maximum absolute atomic E-state index is 13.9. The van der Waals surface area contributed by atoms with Crippen molar-refractivity contribution in [1.29, 1.82) is 0 Å². The summed E-state index contributed by atoms with van der Waals surface area (Å²) in [6.45, 7) is 5.21. The number of carbonyl (C=O) groups is 2. The number of aromatic nitrogens is 1. The summed E-state index contributed by atoms with van der Waals surface area (Å²) >= 11 is 8.12. The molecule has 4 rings (SSSR count). The first-order valence-electron chi connectivity index (χ1n) is 12.6. The first-order valence-corrected chi connectivity index (χ1v) is 13.8. The van der Waals surface area contributed by atoms with Crippen LogP contribution in [0.5, 0.6) is 5.75 Å². The van der Waals surface area contributed by atoms with E-state index in [0.29, 0.717) is 49.1 Å². The lowest BCUT2D eigenvalue weighted by Gasteiger charge is -2.37. The average molecular weight is 542 g/mol. The van der Waals surface area contributed by atoms with Gasteiger partial charge >= 0.3 is 5.97 Å². The van der Waals surface area contributed by atoms with Crippen LogP contribution < -0.4 is 9.64 Å². The first-order chi connectivity index (χ1) is 18.0. The smallest absolute Gasteiger partial charge is 0.309 e. The largest absolute Gasteiger partial charge is 0.497 e. The molecule has 1 aliphatic heterocycles. The second-order valence-electron chi connectivity index (χ2n) is 8.84. The van der Waals surface area contributed by atoms with E-state index in [0.717, 1.165) is 22.7 Å². The van der Waals surface area contributed by atoms with Gasteiger partial charge in [0, 0.05) is 24.0 Å². The number of methoxy groups -OCH3 is 1. The average Bonchev–Trinajstić information content (AvgIpc) is 3.42. The zero-order valence-corrected chi connectivity index (χ0v) is 22.9. The molecule has 0 N–H and O–H groups in total. The van der Waals surface area contributed by atoms with Gasteiger partial charge in [0.1, 0.15) is 11.8 Å². The van der Waals surface area contributed by atoms with Gasteiger partial charge in [-0.25, -0.2) is 4.98 Å². The van der Waals surface area contributed by atoms with Crippen molar-refractivity contribution in [3.63, 3.8) is 0 Å². The summed E-state index contributed by atoms with van der Waals surface area (Å²) in [4.78, 5) is 34.8. The Labute approximate surface area is 227 Å². The molecular formula is C28H32ClN3O4S. The van der Waals surface area contributed by atoms with Gasteiger partial charge in [0.05, 0.1) is 36.0 Å². The molecule has 0 aliphatic carbocycles. The number of piperidine rings is 1. The lowest BCUT2D eigenvalue weighted by Crippen LogP contribution is -2.50. The maximum atomic E-state index is 13.9. The molecule has 1 fully saturated rings. The van der Waals surface area contributed by atoms with E-state index in [2.05, 4.69) is 0 Å². The van der Waals surface area contributed by atoms with Crippen LogP contribution in [0.4, 0.5) is 10.8 Å². The number of nitrogens with zero attached hydrogens (tertiary/aromatic N) is 3. The van der Waals surface area contributed by atoms with Gasteiger partial charge in [-0.3, -0.25) is 9.59 Å². The van der Waals surface area contributed by atoms with Crippen LogP contribution >= 0.6 is 22.9 Å². The van der Waals surface area contributed by atoms with Crippen LogP contribution in [0.25, 0.3) is 11.3 Å². The Morgan fingerprint density at radius 1 is 1.14 bits per heavy atom. The molecule has 9 heteroatoms. The summed E-state index contributed by atoms with van der Waals surface area (Å²) in [5, 5.41) is 3.24. The third-order valence-electron chi connectivity index (χ3n) is 6.61. The second-order valence-corrected chi connectivity index (χ2v) is 10.1. The minimum atomic E-state index is -0.492. The Hall–Kier alpha value is -3.10. The molecule has 1 atom stereocenters. The number of halogens is 1. The number of esters is 1. The molecule has 1 aliphatic rings. The molecule has 1 amide bonds. The van der Waals surface area contributed by atoms with Crippen LogP contribution in [0.2, 0.25) is 5.02 Å². The summed E-state index contributed by atoms with van der Waals surface area (Å²) in [7, 11) is 1.64. The van der Waals surface area contributed by atoms with Crippen LogP contribution in [0.1, 0.15) is 33.1 Å². The minimum Gasteiger partial charge on any atom is -0.497 e. The van der Waals surface area contributed by atoms with Gasteiger partial charge in [-0.2, -0.15) is 0 Å². The molecule has 0 spiro atoms. The fraction of sp³-hybridized carbons (Fsp3) is 0.393. The Bertz CT molecular complexity index is 1210. The number of amides is 1. The molecule has 0 unspecified atom stereocenters. The molecule has 2 heterocycles. The van der Waals surface area contributed by atoms with Crippen molar-refractivity contribution in [3.05, 3.63) is 58.9 Å². The summed E-state index contributed by atoms with van der Waals surface area (Å²) in [6, 6.07) is 14.8. The fourth-order valence-electron chi connectivity index (χ4n) is 4.59. The summed E-state index contributed by atoms with van der Waals surface area (Å²) in [6.07, 6.45) is 1.78. The van der Waals surface area contributed by atoms with Gasteiger partial charge in [-0.1, -0.05) is 30.7 Å². The Morgan fingerprint density at radius 3 is 2.46 bits per heavy atom. The van der Waals surface area contributed by atoms with E-state index in [-0.39, 0.29) is 17.8 Å². The highest BCUT2D eigenvalue weighted by atomic mass is 35.5. The van der Waals surface area contributed by atoms with E-state index in [1.54, 1.807) is 7.11 Å². The Morgan fingerprint density at radius 2 is 1.84 bits per heavy atom. The molecule has 3 aromatic rings. The molecule has 2 aromatic carbocycles. The highest BCUT2D eigenvalue weighted by Gasteiger charge is 2.35. The van der Waals surface area contributed by atoms with Crippen molar-refractivity contribution in [2.24, 2.45) is 5.92 Å². The van der Waals surface area contributed by atoms with E-state index < -0.39 is 6.04 Å². The van der Waals surface area contributed by atoms with Crippen LogP contribution in [-0.4, -0.2) is 54.6 Å². The maximum Gasteiger partial charge on any atom is 0.309 e. The number of ether oxygens (including phenoxy) is 2. The predicted octanol–water partition coefficient (Wildman–Crippen LogP) is 6.19. The number of likely N-dealkylation sites (tertiary alicyclic amines) is 1. The van der Waals surface area contributed by atoms with Crippen molar-refractivity contribution in [2.75, 3.05) is 31.7 Å². The highest BCUT2D eigenvalue weighted by molar-refractivity contribution is 7.14. The van der Waals surface area contributed by atoms with Gasteiger partial charge < -0.3 is 19.3 Å². The number of carbonyl (C=O) groups excluding carboxylic acids is 2. The second kappa shape index (κ2) is 12.4. The molecule has 0 radical (unpaired) electrons. The first kappa shape index (κ1) is 26.9. The van der Waals surface area contributed by atoms with Crippen molar-refractivity contribution in [3.8, 4) is 17.0 Å². The molecule has 0 bridgehead atoms. The molecule has 37 heavy (non-hydrogen) atoms. The molecule has 196 valence electrons. The molecule has 0 saturated carbocycles. The number of thiazole rings is 1. The molecule has 1 saturated heterocycles. The van der Waals surface area contributed by atoms with Gasteiger partial charge in [0.2, 0.25) is 5.91 Å². The van der Waals surface area contributed by atoms with Gasteiger partial charge in [-0.05, 0) is 62.6 Å². The van der Waals surface area contributed by atoms with Gasteiger partial charge in [0.15, 0.2) is 5.13 Å². The summed E-state index contributed by atoms with van der Waals surface area (Å²) in [5.41, 5.74) is 2.52. The number of anilines is 2. The third kappa shape index (κ3) is 6.08. The lowest BCUT2D eigenvalue weighted by molar-refractivity contribution is -0.151. The number of para-hydroxylation sites is 1. The summed E-state index contributed by atoms with van der Waals surface area (Å²) < 4.78 is 10.5. The van der Waals surface area contributed by atoms with Crippen LogP contribution in [-0.2, 0) is 14.3 Å². The topological polar surface area (TPSA) is 72.0 Å². The third-order valence-corrected chi connectivity index (χ3v) is 7.77. The van der Waals surface area contributed by atoms with E-state index in [9.17, 15) is 9.59 Å². The van der Waals surface area contributed by atoms with Crippen LogP contribution in [0, 0.1) is 5.92 Å². The molecule has 7 nitrogen and oxygen atoms in total. The quantitative estimate of drug-likeness (QED) is 0.301. The zero-order chi connectivity index (χ0) is 26.4. The van der Waals surface area contributed by atoms with Crippen LogP contribution in [0.3, 0.4) is 0 Å².